The van der Waals surface area contributed by atoms with Gasteiger partial charge in [0.2, 0.25) is 0 Å². The van der Waals surface area contributed by atoms with Gasteiger partial charge in [-0.3, -0.25) is 0 Å². The number of hydrogen-bond donors (Lipinski definition) is 1. The third kappa shape index (κ3) is 8.59. The summed E-state index contributed by atoms with van der Waals surface area (Å²) in [4.78, 5) is 0. The zero-order valence-corrected chi connectivity index (χ0v) is 12.2. The maximum Gasteiger partial charge on any atom is 0.119 e. The summed E-state index contributed by atoms with van der Waals surface area (Å²) in [5.74, 6) is 0.999. The van der Waals surface area contributed by atoms with Crippen molar-refractivity contribution >= 4 is 23.2 Å². The van der Waals surface area contributed by atoms with Crippen LogP contribution < -0.4 is 4.74 Å². The van der Waals surface area contributed by atoms with Crippen molar-refractivity contribution in [2.75, 3.05) is 25.7 Å². The summed E-state index contributed by atoms with van der Waals surface area (Å²) >= 11 is 9.53. The molecule has 0 heterocycles. The van der Waals surface area contributed by atoms with Crippen LogP contribution >= 0.6 is 23.2 Å². The first-order valence-electron chi connectivity index (χ1n) is 5.61. The molecule has 0 bridgehead atoms. The van der Waals surface area contributed by atoms with Crippen molar-refractivity contribution in [1.82, 2.24) is 0 Å². The third-order valence-electron chi connectivity index (χ3n) is 2.08. The predicted molar refractivity (Wildman–Crippen MR) is 75.5 cm³/mol. The molecule has 0 aliphatic heterocycles. The van der Waals surface area contributed by atoms with E-state index in [1.54, 1.807) is 7.11 Å². The molecule has 1 N–H and O–H groups in total. The number of aliphatic hydroxyl groups is 1. The maximum atomic E-state index is 8.83. The number of hydrogen-bond acceptors (Lipinski definition) is 3. The molecule has 1 unspecified atom stereocenters. The Hall–Kier alpha value is -0.480. The van der Waals surface area contributed by atoms with Gasteiger partial charge in [-0.25, -0.2) is 0 Å². The topological polar surface area (TPSA) is 38.7 Å². The molecule has 0 aliphatic carbocycles. The lowest BCUT2D eigenvalue weighted by Gasteiger charge is -2.10. The number of rotatable bonds is 6. The van der Waals surface area contributed by atoms with Crippen LogP contribution in [0.2, 0.25) is 0 Å². The molecule has 0 saturated heterocycles. The van der Waals surface area contributed by atoms with Crippen molar-refractivity contribution in [3.05, 3.63) is 29.8 Å². The van der Waals surface area contributed by atoms with Crippen LogP contribution in [0.1, 0.15) is 12.5 Å². The largest absolute Gasteiger partial charge is 0.493 e. The van der Waals surface area contributed by atoms with Crippen LogP contribution in [0.25, 0.3) is 0 Å². The van der Waals surface area contributed by atoms with Crippen LogP contribution in [-0.4, -0.2) is 30.8 Å². The zero-order valence-electron chi connectivity index (χ0n) is 10.7. The molecule has 0 spiro atoms. The minimum atomic E-state index is 0.155. The van der Waals surface area contributed by atoms with Crippen molar-refractivity contribution in [1.29, 1.82) is 0 Å². The first kappa shape index (κ1) is 17.5. The second-order valence-corrected chi connectivity index (χ2v) is 4.58. The third-order valence-corrected chi connectivity index (χ3v) is 2.08. The van der Waals surface area contributed by atoms with E-state index in [-0.39, 0.29) is 17.9 Å². The number of halogens is 2. The molecule has 1 aromatic carbocycles. The van der Waals surface area contributed by atoms with Gasteiger partial charge in [0.25, 0.3) is 0 Å². The molecular formula is C13H20Cl2O3. The van der Waals surface area contributed by atoms with Gasteiger partial charge in [0.05, 0.1) is 18.6 Å². The molecule has 0 saturated carbocycles. The highest BCUT2D eigenvalue weighted by Gasteiger charge is 2.01. The van der Waals surface area contributed by atoms with E-state index in [0.29, 0.717) is 13.2 Å². The number of aliphatic hydroxyl groups excluding tert-OH is 1. The summed E-state index contributed by atoms with van der Waals surface area (Å²) in [6, 6.07) is 7.78. The van der Waals surface area contributed by atoms with E-state index >= 15 is 0 Å². The molecule has 18 heavy (non-hydrogen) atoms. The molecule has 0 amide bonds. The molecule has 104 valence electrons. The van der Waals surface area contributed by atoms with Crippen molar-refractivity contribution in [3.63, 3.8) is 0 Å². The van der Waals surface area contributed by atoms with Gasteiger partial charge in [0.1, 0.15) is 5.75 Å². The van der Waals surface area contributed by atoms with Crippen LogP contribution in [0.4, 0.5) is 0 Å². The van der Waals surface area contributed by atoms with Gasteiger partial charge in [-0.1, -0.05) is 19.1 Å². The Kier molecular flexibility index (Phi) is 11.3. The first-order chi connectivity index (χ1) is 8.67. The second kappa shape index (κ2) is 11.6. The average molecular weight is 295 g/mol. The lowest BCUT2D eigenvalue weighted by Crippen LogP contribution is -2.12. The van der Waals surface area contributed by atoms with Crippen molar-refractivity contribution in [2.45, 2.75) is 13.5 Å². The Bertz CT molecular complexity index is 291. The van der Waals surface area contributed by atoms with Crippen molar-refractivity contribution in [3.8, 4) is 5.75 Å². The van der Waals surface area contributed by atoms with Crippen LogP contribution in [0.15, 0.2) is 24.3 Å². The number of ether oxygens (including phenoxy) is 2. The van der Waals surface area contributed by atoms with Gasteiger partial charge in [0.15, 0.2) is 0 Å². The highest BCUT2D eigenvalue weighted by Crippen LogP contribution is 2.13. The minimum absolute atomic E-state index is 0.155. The molecule has 1 rings (SSSR count). The molecule has 5 heteroatoms. The van der Waals surface area contributed by atoms with Crippen molar-refractivity contribution in [2.24, 2.45) is 5.92 Å². The number of alkyl halides is 2. The lowest BCUT2D eigenvalue weighted by atomic mass is 10.2. The summed E-state index contributed by atoms with van der Waals surface area (Å²) in [5.41, 5.74) is 1.13. The van der Waals surface area contributed by atoms with Crippen LogP contribution in [-0.2, 0) is 11.3 Å². The Morgan fingerprint density at radius 2 is 1.78 bits per heavy atom. The summed E-state index contributed by atoms with van der Waals surface area (Å²) in [5, 5.41) is 9.02. The van der Waals surface area contributed by atoms with Gasteiger partial charge in [-0.05, 0) is 17.7 Å². The Morgan fingerprint density at radius 1 is 1.22 bits per heavy atom. The summed E-state index contributed by atoms with van der Waals surface area (Å²) in [6.07, 6.45) is 0. The smallest absolute Gasteiger partial charge is 0.119 e. The van der Waals surface area contributed by atoms with E-state index in [2.05, 4.69) is 0 Å². The van der Waals surface area contributed by atoms with Gasteiger partial charge >= 0.3 is 0 Å². The van der Waals surface area contributed by atoms with Crippen molar-refractivity contribution < 1.29 is 14.6 Å². The highest BCUT2D eigenvalue weighted by atomic mass is 35.5. The first-order valence-corrected chi connectivity index (χ1v) is 6.68. The van der Waals surface area contributed by atoms with Crippen LogP contribution in [0, 0.1) is 5.92 Å². The van der Waals surface area contributed by atoms with E-state index in [1.807, 2.05) is 31.2 Å². The SMILES string of the molecule is COCc1ccc(OCC(C)CO)cc1.ClCCl. The molecule has 1 atom stereocenters. The molecule has 0 aliphatic rings. The predicted octanol–water partition coefficient (Wildman–Crippen LogP) is 3.26. The second-order valence-electron chi connectivity index (χ2n) is 3.78. The Balaban J connectivity index is 0.000000873. The summed E-state index contributed by atoms with van der Waals surface area (Å²) < 4.78 is 10.5. The molecule has 0 fully saturated rings. The van der Waals surface area contributed by atoms with Gasteiger partial charge in [-0.15, -0.1) is 23.2 Å². The number of methoxy groups -OCH3 is 1. The average Bonchev–Trinajstić information content (AvgIpc) is 2.39. The molecular weight excluding hydrogens is 275 g/mol. The van der Waals surface area contributed by atoms with Gasteiger partial charge < -0.3 is 14.6 Å². The number of benzene rings is 1. The molecule has 1 aromatic rings. The summed E-state index contributed by atoms with van der Waals surface area (Å²) in [7, 11) is 1.67. The highest BCUT2D eigenvalue weighted by molar-refractivity contribution is 6.40. The maximum absolute atomic E-state index is 8.83. The zero-order chi connectivity index (χ0) is 13.8. The van der Waals surface area contributed by atoms with E-state index in [0.717, 1.165) is 11.3 Å². The molecule has 3 nitrogen and oxygen atoms in total. The van der Waals surface area contributed by atoms with Crippen LogP contribution in [0.5, 0.6) is 5.75 Å². The minimum Gasteiger partial charge on any atom is -0.493 e. The van der Waals surface area contributed by atoms with E-state index in [4.69, 9.17) is 37.8 Å². The fraction of sp³-hybridized carbons (Fsp3) is 0.538. The fourth-order valence-electron chi connectivity index (χ4n) is 1.14. The fourth-order valence-corrected chi connectivity index (χ4v) is 1.14. The monoisotopic (exact) mass is 294 g/mol. The summed E-state index contributed by atoms with van der Waals surface area (Å²) in [6.45, 7) is 3.26. The van der Waals surface area contributed by atoms with E-state index in [9.17, 15) is 0 Å². The normalized spacial score (nSPS) is 11.4. The quantitative estimate of drug-likeness (QED) is 0.819. The van der Waals surface area contributed by atoms with Crippen LogP contribution in [0.3, 0.4) is 0 Å². The Morgan fingerprint density at radius 3 is 2.22 bits per heavy atom. The molecule has 0 radical (unpaired) electrons. The van der Waals surface area contributed by atoms with E-state index in [1.165, 1.54) is 0 Å². The molecule has 0 aromatic heterocycles. The van der Waals surface area contributed by atoms with E-state index < -0.39 is 0 Å². The standard InChI is InChI=1S/C12H18O3.CH2Cl2/c1-10(7-13)8-15-12-5-3-11(4-6-12)9-14-2;2-1-3/h3-6,10,13H,7-9H2,1-2H3;1H2. The Labute approximate surface area is 119 Å². The lowest BCUT2D eigenvalue weighted by molar-refractivity contribution is 0.174. The van der Waals surface area contributed by atoms with Gasteiger partial charge in [-0.2, -0.15) is 0 Å². The van der Waals surface area contributed by atoms with Gasteiger partial charge in [0, 0.05) is 19.6 Å².